The van der Waals surface area contributed by atoms with E-state index in [9.17, 15) is 14.9 Å². The van der Waals surface area contributed by atoms with Crippen molar-refractivity contribution in [3.05, 3.63) is 52.9 Å². The zero-order valence-electron chi connectivity index (χ0n) is 22.6. The van der Waals surface area contributed by atoms with Crippen LogP contribution < -0.4 is 15.4 Å². The number of alkyl carbamates (subject to hydrolysis) is 1. The van der Waals surface area contributed by atoms with Gasteiger partial charge in [0.1, 0.15) is 17.4 Å². The molecule has 0 fully saturated rings. The number of carbonyl (C=O) groups excluding carboxylic acids is 2. The third-order valence-electron chi connectivity index (χ3n) is 5.31. The summed E-state index contributed by atoms with van der Waals surface area (Å²) < 4.78 is 11.5. The Morgan fingerprint density at radius 2 is 1.86 bits per heavy atom. The average molecular weight is 495 g/mol. The summed E-state index contributed by atoms with van der Waals surface area (Å²) in [5.41, 5.74) is 2.13. The fourth-order valence-electron chi connectivity index (χ4n) is 3.46. The molecule has 0 saturated heterocycles. The lowest BCUT2D eigenvalue weighted by Gasteiger charge is -2.24. The van der Waals surface area contributed by atoms with Gasteiger partial charge in [-0.25, -0.2) is 9.79 Å². The highest BCUT2D eigenvalue weighted by Crippen LogP contribution is 2.33. The van der Waals surface area contributed by atoms with Gasteiger partial charge < -0.3 is 20.1 Å². The molecule has 1 aliphatic rings. The molecular formula is C28H38N4O4. The number of allylic oxidation sites excluding steroid dienone is 2. The molecule has 1 heterocycles. The molecule has 0 aliphatic carbocycles. The van der Waals surface area contributed by atoms with Crippen LogP contribution in [0.25, 0.3) is 0 Å². The maximum Gasteiger partial charge on any atom is 0.408 e. The van der Waals surface area contributed by atoms with Gasteiger partial charge in [0.2, 0.25) is 5.91 Å². The van der Waals surface area contributed by atoms with Crippen LogP contribution in [0.3, 0.4) is 0 Å². The Morgan fingerprint density at radius 1 is 1.17 bits per heavy atom. The highest BCUT2D eigenvalue weighted by atomic mass is 16.6. The summed E-state index contributed by atoms with van der Waals surface area (Å²) in [7, 11) is 0. The first-order valence-electron chi connectivity index (χ1n) is 12.2. The Bertz CT molecular complexity index is 1110. The highest BCUT2D eigenvalue weighted by molar-refractivity contribution is 5.87. The molecule has 0 aromatic heterocycles. The topological polar surface area (TPSA) is 113 Å². The number of rotatable bonds is 5. The second-order valence-electron chi connectivity index (χ2n) is 10.9. The predicted molar refractivity (Wildman–Crippen MR) is 141 cm³/mol. The van der Waals surface area contributed by atoms with E-state index in [2.05, 4.69) is 42.5 Å². The number of hydrogen-bond donors (Lipinski definition) is 2. The zero-order chi connectivity index (χ0) is 27.1. The van der Waals surface area contributed by atoms with Crippen LogP contribution in [0, 0.1) is 11.3 Å². The van der Waals surface area contributed by atoms with Crippen LogP contribution in [0.2, 0.25) is 0 Å². The van der Waals surface area contributed by atoms with E-state index >= 15 is 0 Å². The van der Waals surface area contributed by atoms with Gasteiger partial charge in [-0.05, 0) is 70.2 Å². The van der Waals surface area contributed by atoms with Crippen molar-refractivity contribution >= 4 is 17.9 Å². The molecular weight excluding hydrogens is 456 g/mol. The largest absolute Gasteiger partial charge is 0.444 e. The van der Waals surface area contributed by atoms with Crippen LogP contribution in [-0.2, 0) is 14.9 Å². The van der Waals surface area contributed by atoms with Crippen molar-refractivity contribution in [1.82, 2.24) is 10.6 Å². The molecule has 0 spiro atoms. The Morgan fingerprint density at radius 3 is 2.44 bits per heavy atom. The fourth-order valence-corrected chi connectivity index (χ4v) is 3.46. The Balaban J connectivity index is 2.23. The summed E-state index contributed by atoms with van der Waals surface area (Å²) in [5.74, 6) is 0.788. The third-order valence-corrected chi connectivity index (χ3v) is 5.31. The maximum absolute atomic E-state index is 12.9. The Kier molecular flexibility index (Phi) is 9.46. The van der Waals surface area contributed by atoms with Crippen LogP contribution >= 0.6 is 0 Å². The third kappa shape index (κ3) is 8.88. The van der Waals surface area contributed by atoms with E-state index in [0.717, 1.165) is 11.1 Å². The molecule has 2 amide bonds. The molecule has 1 aromatic rings. The van der Waals surface area contributed by atoms with E-state index in [0.29, 0.717) is 42.2 Å². The van der Waals surface area contributed by atoms with E-state index in [1.165, 1.54) is 0 Å². The molecule has 1 aromatic carbocycles. The van der Waals surface area contributed by atoms with Gasteiger partial charge in [0.25, 0.3) is 0 Å². The molecule has 2 rings (SSSR count). The lowest BCUT2D eigenvalue weighted by atomic mass is 9.85. The number of nitrogens with one attached hydrogen (secondary N) is 2. The number of aliphatic imine (C=N–C) groups is 1. The first-order valence-corrected chi connectivity index (χ1v) is 12.2. The molecule has 8 heteroatoms. The van der Waals surface area contributed by atoms with Crippen LogP contribution in [0.5, 0.6) is 5.75 Å². The lowest BCUT2D eigenvalue weighted by Crippen LogP contribution is -2.47. The summed E-state index contributed by atoms with van der Waals surface area (Å²) in [4.78, 5) is 29.5. The number of carbonyl (C=O) groups is 2. The lowest BCUT2D eigenvalue weighted by molar-refractivity contribution is -0.122. The maximum atomic E-state index is 12.9. The number of ether oxygens (including phenoxy) is 2. The van der Waals surface area contributed by atoms with Crippen molar-refractivity contribution in [3.63, 3.8) is 0 Å². The van der Waals surface area contributed by atoms with Gasteiger partial charge in [-0.1, -0.05) is 33.3 Å². The summed E-state index contributed by atoms with van der Waals surface area (Å²) >= 11 is 0. The molecule has 2 N–H and O–H groups in total. The van der Waals surface area contributed by atoms with Gasteiger partial charge in [0.15, 0.2) is 5.90 Å². The second-order valence-corrected chi connectivity index (χ2v) is 10.9. The second kappa shape index (κ2) is 11.9. The summed E-state index contributed by atoms with van der Waals surface area (Å²) in [5, 5.41) is 14.8. The summed E-state index contributed by atoms with van der Waals surface area (Å²) in [6.07, 6.45) is 4.44. The van der Waals surface area contributed by atoms with Crippen molar-refractivity contribution in [2.24, 2.45) is 4.99 Å². The van der Waals surface area contributed by atoms with E-state index in [4.69, 9.17) is 9.47 Å². The van der Waals surface area contributed by atoms with E-state index in [1.54, 1.807) is 39.1 Å². The van der Waals surface area contributed by atoms with E-state index in [1.807, 2.05) is 26.0 Å². The molecule has 0 bridgehead atoms. The monoisotopic (exact) mass is 494 g/mol. The number of hydrogen-bond acceptors (Lipinski definition) is 6. The number of nitrogens with zero attached hydrogens (tertiary/aromatic N) is 2. The van der Waals surface area contributed by atoms with Crippen LogP contribution in [0.4, 0.5) is 4.79 Å². The summed E-state index contributed by atoms with van der Waals surface area (Å²) in [6.45, 7) is 15.3. The first kappa shape index (κ1) is 28.6. The van der Waals surface area contributed by atoms with Gasteiger partial charge in [-0.3, -0.25) is 4.79 Å². The predicted octanol–water partition coefficient (Wildman–Crippen LogP) is 5.63. The molecule has 0 radical (unpaired) electrons. The SMILES string of the molecule is CCC(NC(=O)OC(C)(C)C)C(=O)NC1=CN=C(Oc2ccc(C#N)cc2C(C)(C)C)CCC(C)=C1. The number of amides is 2. The van der Waals surface area contributed by atoms with Crippen molar-refractivity contribution in [2.45, 2.75) is 91.7 Å². The minimum atomic E-state index is -0.757. The average Bonchev–Trinajstić information content (AvgIpc) is 2.76. The van der Waals surface area contributed by atoms with Gasteiger partial charge in [-0.15, -0.1) is 0 Å². The van der Waals surface area contributed by atoms with Crippen molar-refractivity contribution < 1.29 is 19.1 Å². The summed E-state index contributed by atoms with van der Waals surface area (Å²) in [6, 6.07) is 6.78. The van der Waals surface area contributed by atoms with Gasteiger partial charge in [-0.2, -0.15) is 5.26 Å². The molecule has 36 heavy (non-hydrogen) atoms. The minimum absolute atomic E-state index is 0.231. The standard InChI is InChI=1S/C28H38N4O4/c1-9-22(32-26(34)36-28(6,7)8)25(33)31-20-14-18(2)10-13-24(30-17-20)35-23-12-11-19(16-29)15-21(23)27(3,4)5/h11-12,14-15,17,22H,9-10,13H2,1-8H3,(H,31,33)(H,32,34). The van der Waals surface area contributed by atoms with Crippen LogP contribution in [-0.4, -0.2) is 29.5 Å². The van der Waals surface area contributed by atoms with Crippen molar-refractivity contribution in [3.8, 4) is 11.8 Å². The molecule has 8 nitrogen and oxygen atoms in total. The minimum Gasteiger partial charge on any atom is -0.444 e. The molecule has 194 valence electrons. The molecule has 0 saturated carbocycles. The van der Waals surface area contributed by atoms with Gasteiger partial charge in [0.05, 0.1) is 23.5 Å². The zero-order valence-corrected chi connectivity index (χ0v) is 22.6. The Hall–Kier alpha value is -3.60. The molecule has 1 atom stereocenters. The highest BCUT2D eigenvalue weighted by Gasteiger charge is 2.24. The molecule has 1 unspecified atom stereocenters. The van der Waals surface area contributed by atoms with Crippen molar-refractivity contribution in [2.75, 3.05) is 0 Å². The number of nitriles is 1. The smallest absolute Gasteiger partial charge is 0.408 e. The van der Waals surface area contributed by atoms with Gasteiger partial charge in [0, 0.05) is 12.0 Å². The van der Waals surface area contributed by atoms with Crippen LogP contribution in [0.1, 0.15) is 85.8 Å². The van der Waals surface area contributed by atoms with Crippen molar-refractivity contribution in [1.29, 1.82) is 5.26 Å². The normalized spacial score (nSPS) is 15.1. The first-order chi connectivity index (χ1) is 16.7. The quantitative estimate of drug-likeness (QED) is 0.550. The Labute approximate surface area is 214 Å². The fraction of sp³-hybridized carbons (Fsp3) is 0.500. The van der Waals surface area contributed by atoms with Gasteiger partial charge >= 0.3 is 6.09 Å². The van der Waals surface area contributed by atoms with Crippen LogP contribution in [0.15, 0.2) is 46.7 Å². The van der Waals surface area contributed by atoms with E-state index in [-0.39, 0.29) is 11.3 Å². The van der Waals surface area contributed by atoms with E-state index < -0.39 is 17.7 Å². The molecule has 1 aliphatic heterocycles. The number of benzene rings is 1.